The lowest BCUT2D eigenvalue weighted by molar-refractivity contribution is 0.141. The highest BCUT2D eigenvalue weighted by atomic mass is 127. The van der Waals surface area contributed by atoms with Gasteiger partial charge in [0.05, 0.1) is 6.20 Å². The van der Waals surface area contributed by atoms with Crippen LogP contribution in [0.1, 0.15) is 0 Å². The van der Waals surface area contributed by atoms with Crippen molar-refractivity contribution in [3.63, 3.8) is 0 Å². The van der Waals surface area contributed by atoms with Gasteiger partial charge in [-0.15, -0.1) is 0 Å². The highest BCUT2D eigenvalue weighted by molar-refractivity contribution is 14.1. The van der Waals surface area contributed by atoms with Crippen molar-refractivity contribution in [3.05, 3.63) is 22.0 Å². The molecule has 3 nitrogen and oxygen atoms in total. The van der Waals surface area contributed by atoms with Crippen molar-refractivity contribution in [2.24, 2.45) is 0 Å². The fourth-order valence-electron chi connectivity index (χ4n) is 0.970. The predicted molar refractivity (Wildman–Crippen MR) is 54.2 cm³/mol. The maximum absolute atomic E-state index is 5.58. The number of hydrogen-bond acceptors (Lipinski definition) is 3. The normalized spacial score (nSPS) is 17.1. The van der Waals surface area contributed by atoms with E-state index >= 15 is 0 Å². The Balaban J connectivity index is 1.98. The summed E-state index contributed by atoms with van der Waals surface area (Å²) in [6.07, 6.45) is 2.10. The molecular weight excluding hydrogens is 267 g/mol. The lowest BCUT2D eigenvalue weighted by Crippen LogP contribution is -2.50. The first kappa shape index (κ1) is 8.25. The standard InChI is InChI=1S/C8H9IN2O/c9-8-2-1-6(5-11-8)12-7-3-10-4-7/h1-2,5,7,10H,3-4H2. The van der Waals surface area contributed by atoms with Crippen molar-refractivity contribution < 1.29 is 4.74 Å². The monoisotopic (exact) mass is 276 g/mol. The molecule has 2 rings (SSSR count). The summed E-state index contributed by atoms with van der Waals surface area (Å²) < 4.78 is 6.57. The van der Waals surface area contributed by atoms with Crippen LogP contribution in [0.25, 0.3) is 0 Å². The first-order valence-electron chi connectivity index (χ1n) is 3.83. The number of hydrogen-bond donors (Lipinski definition) is 1. The predicted octanol–water partition coefficient (Wildman–Crippen LogP) is 1.04. The van der Waals surface area contributed by atoms with E-state index in [1.165, 1.54) is 0 Å². The topological polar surface area (TPSA) is 34.1 Å². The molecule has 1 fully saturated rings. The van der Waals surface area contributed by atoms with E-state index in [2.05, 4.69) is 32.9 Å². The molecule has 1 N–H and O–H groups in total. The molecule has 1 aromatic heterocycles. The van der Waals surface area contributed by atoms with Gasteiger partial charge in [0.15, 0.2) is 0 Å². The van der Waals surface area contributed by atoms with Crippen LogP contribution in [-0.4, -0.2) is 24.2 Å². The summed E-state index contributed by atoms with van der Waals surface area (Å²) in [5.74, 6) is 0.863. The Hall–Kier alpha value is -0.360. The van der Waals surface area contributed by atoms with Crippen LogP contribution in [0.5, 0.6) is 5.75 Å². The first-order valence-corrected chi connectivity index (χ1v) is 4.91. The van der Waals surface area contributed by atoms with E-state index in [1.54, 1.807) is 6.20 Å². The molecule has 0 unspecified atom stereocenters. The third-order valence-corrected chi connectivity index (χ3v) is 2.39. The minimum Gasteiger partial charge on any atom is -0.486 e. The van der Waals surface area contributed by atoms with Crippen LogP contribution in [0, 0.1) is 3.70 Å². The minimum absolute atomic E-state index is 0.340. The molecule has 1 saturated heterocycles. The Labute approximate surface area is 84.7 Å². The fraction of sp³-hybridized carbons (Fsp3) is 0.375. The van der Waals surface area contributed by atoms with E-state index in [4.69, 9.17) is 4.74 Å². The third-order valence-electron chi connectivity index (χ3n) is 1.75. The maximum Gasteiger partial charge on any atom is 0.138 e. The van der Waals surface area contributed by atoms with E-state index in [0.717, 1.165) is 22.5 Å². The Bertz CT molecular complexity index is 258. The summed E-state index contributed by atoms with van der Waals surface area (Å²) in [5, 5.41) is 3.15. The molecular formula is C8H9IN2O. The lowest BCUT2D eigenvalue weighted by atomic mass is 10.2. The lowest BCUT2D eigenvalue weighted by Gasteiger charge is -2.27. The van der Waals surface area contributed by atoms with E-state index in [-0.39, 0.29) is 0 Å². The molecule has 0 aliphatic carbocycles. The summed E-state index contributed by atoms with van der Waals surface area (Å²) in [6, 6.07) is 3.90. The van der Waals surface area contributed by atoms with Crippen molar-refractivity contribution >= 4 is 22.6 Å². The zero-order valence-corrected chi connectivity index (χ0v) is 8.61. The maximum atomic E-state index is 5.58. The second-order valence-electron chi connectivity index (χ2n) is 2.71. The molecule has 64 valence electrons. The van der Waals surface area contributed by atoms with Crippen LogP contribution >= 0.6 is 22.6 Å². The molecule has 0 spiro atoms. The number of pyridine rings is 1. The van der Waals surface area contributed by atoms with Gasteiger partial charge in [-0.1, -0.05) is 0 Å². The van der Waals surface area contributed by atoms with Crippen molar-refractivity contribution in [2.45, 2.75) is 6.10 Å². The zero-order chi connectivity index (χ0) is 8.39. The number of ether oxygens (including phenoxy) is 1. The molecule has 12 heavy (non-hydrogen) atoms. The average molecular weight is 276 g/mol. The summed E-state index contributed by atoms with van der Waals surface area (Å²) in [5.41, 5.74) is 0. The highest BCUT2D eigenvalue weighted by Gasteiger charge is 2.17. The van der Waals surface area contributed by atoms with Gasteiger partial charge in [0, 0.05) is 13.1 Å². The van der Waals surface area contributed by atoms with Gasteiger partial charge in [-0.25, -0.2) is 4.98 Å². The highest BCUT2D eigenvalue weighted by Crippen LogP contribution is 2.13. The Morgan fingerprint density at radius 2 is 2.33 bits per heavy atom. The van der Waals surface area contributed by atoms with Gasteiger partial charge < -0.3 is 10.1 Å². The SMILES string of the molecule is Ic1ccc(OC2CNC2)cn1. The van der Waals surface area contributed by atoms with Crippen molar-refractivity contribution in [2.75, 3.05) is 13.1 Å². The van der Waals surface area contributed by atoms with Crippen LogP contribution < -0.4 is 10.1 Å². The summed E-state index contributed by atoms with van der Waals surface area (Å²) in [6.45, 7) is 1.90. The molecule has 0 amide bonds. The molecule has 0 atom stereocenters. The van der Waals surface area contributed by atoms with E-state index in [0.29, 0.717) is 6.10 Å². The number of aromatic nitrogens is 1. The molecule has 1 aliphatic heterocycles. The largest absolute Gasteiger partial charge is 0.486 e. The van der Waals surface area contributed by atoms with Gasteiger partial charge in [0.2, 0.25) is 0 Å². The quantitative estimate of drug-likeness (QED) is 0.647. The second kappa shape index (κ2) is 3.57. The van der Waals surface area contributed by atoms with Gasteiger partial charge >= 0.3 is 0 Å². The van der Waals surface area contributed by atoms with Crippen molar-refractivity contribution in [3.8, 4) is 5.75 Å². The van der Waals surface area contributed by atoms with E-state index in [1.807, 2.05) is 12.1 Å². The molecule has 0 radical (unpaired) electrons. The minimum atomic E-state index is 0.340. The second-order valence-corrected chi connectivity index (χ2v) is 3.82. The molecule has 0 bridgehead atoms. The van der Waals surface area contributed by atoms with Gasteiger partial charge in [-0.3, -0.25) is 0 Å². The summed E-state index contributed by atoms with van der Waals surface area (Å²) in [4.78, 5) is 4.13. The number of rotatable bonds is 2. The fourth-order valence-corrected chi connectivity index (χ4v) is 1.29. The van der Waals surface area contributed by atoms with Gasteiger partial charge in [0.1, 0.15) is 15.6 Å². The Morgan fingerprint density at radius 3 is 2.83 bits per heavy atom. The van der Waals surface area contributed by atoms with Crippen molar-refractivity contribution in [1.82, 2.24) is 10.3 Å². The molecule has 0 aromatic carbocycles. The van der Waals surface area contributed by atoms with Gasteiger partial charge in [-0.05, 0) is 34.7 Å². The van der Waals surface area contributed by atoms with E-state index < -0.39 is 0 Å². The summed E-state index contributed by atoms with van der Waals surface area (Å²) >= 11 is 2.17. The van der Waals surface area contributed by atoms with Crippen molar-refractivity contribution in [1.29, 1.82) is 0 Å². The van der Waals surface area contributed by atoms with Crippen LogP contribution in [0.15, 0.2) is 18.3 Å². The first-order chi connectivity index (χ1) is 5.84. The molecule has 1 aromatic rings. The van der Waals surface area contributed by atoms with Crippen LogP contribution in [0.2, 0.25) is 0 Å². The van der Waals surface area contributed by atoms with E-state index in [9.17, 15) is 0 Å². The molecule has 1 aliphatic rings. The average Bonchev–Trinajstić information content (AvgIpc) is 2.00. The van der Waals surface area contributed by atoms with Gasteiger partial charge in [0.25, 0.3) is 0 Å². The number of nitrogens with zero attached hydrogens (tertiary/aromatic N) is 1. The Kier molecular flexibility index (Phi) is 2.45. The smallest absolute Gasteiger partial charge is 0.138 e. The number of halogens is 1. The van der Waals surface area contributed by atoms with Crippen LogP contribution in [-0.2, 0) is 0 Å². The number of nitrogens with one attached hydrogen (secondary N) is 1. The van der Waals surface area contributed by atoms with Gasteiger partial charge in [-0.2, -0.15) is 0 Å². The molecule has 2 heterocycles. The molecule has 0 saturated carbocycles. The summed E-state index contributed by atoms with van der Waals surface area (Å²) in [7, 11) is 0. The third kappa shape index (κ3) is 1.87. The van der Waals surface area contributed by atoms with Crippen LogP contribution in [0.4, 0.5) is 0 Å². The molecule has 4 heteroatoms. The zero-order valence-electron chi connectivity index (χ0n) is 6.46. The Morgan fingerprint density at radius 1 is 1.50 bits per heavy atom. The van der Waals surface area contributed by atoms with Crippen LogP contribution in [0.3, 0.4) is 0 Å².